The van der Waals surface area contributed by atoms with Crippen molar-refractivity contribution in [2.75, 3.05) is 13.2 Å². The molecule has 1 aromatic rings. The van der Waals surface area contributed by atoms with Crippen LogP contribution >= 0.6 is 0 Å². The molecule has 0 spiro atoms. The first kappa shape index (κ1) is 16.3. The zero-order chi connectivity index (χ0) is 15.5. The Balaban J connectivity index is 1.93. The summed E-state index contributed by atoms with van der Waals surface area (Å²) in [6.07, 6.45) is 4.61. The first-order valence-electron chi connectivity index (χ1n) is 7.27. The van der Waals surface area contributed by atoms with Crippen LogP contribution in [0.2, 0.25) is 0 Å². The predicted octanol–water partition coefficient (Wildman–Crippen LogP) is 2.29. The highest BCUT2D eigenvalue weighted by Crippen LogP contribution is 2.26. The fourth-order valence-corrected chi connectivity index (χ4v) is 3.44. The van der Waals surface area contributed by atoms with E-state index in [0.717, 1.165) is 37.9 Å². The van der Waals surface area contributed by atoms with Crippen molar-refractivity contribution in [2.24, 2.45) is 5.14 Å². The monoisotopic (exact) mass is 313 g/mol. The van der Waals surface area contributed by atoms with E-state index >= 15 is 0 Å². The Kier molecular flexibility index (Phi) is 5.24. The maximum atomic E-state index is 11.4. The number of rotatable bonds is 6. The zero-order valence-corrected chi connectivity index (χ0v) is 13.4. The molecule has 2 rings (SSSR count). The summed E-state index contributed by atoms with van der Waals surface area (Å²) in [6, 6.07) is 3.18. The predicted molar refractivity (Wildman–Crippen MR) is 81.0 cm³/mol. The van der Waals surface area contributed by atoms with Gasteiger partial charge in [0.25, 0.3) is 0 Å². The van der Waals surface area contributed by atoms with Gasteiger partial charge in [-0.3, -0.25) is 0 Å². The summed E-state index contributed by atoms with van der Waals surface area (Å²) in [6.45, 7) is 5.07. The fourth-order valence-electron chi connectivity index (χ4n) is 2.60. The number of ether oxygens (including phenoxy) is 2. The zero-order valence-electron chi connectivity index (χ0n) is 12.6. The van der Waals surface area contributed by atoms with Crippen LogP contribution in [0.4, 0.5) is 0 Å². The quantitative estimate of drug-likeness (QED) is 0.817. The highest BCUT2D eigenvalue weighted by Gasteiger charge is 2.16. The van der Waals surface area contributed by atoms with Crippen LogP contribution in [0, 0.1) is 13.8 Å². The Morgan fingerprint density at radius 3 is 2.71 bits per heavy atom. The Morgan fingerprint density at radius 1 is 1.33 bits per heavy atom. The van der Waals surface area contributed by atoms with Crippen LogP contribution in [0.15, 0.2) is 17.0 Å². The molecular formula is C15H23NO4S. The molecule has 1 aliphatic rings. The molecule has 1 atom stereocenters. The molecule has 0 amide bonds. The van der Waals surface area contributed by atoms with Gasteiger partial charge in [0.1, 0.15) is 5.75 Å². The molecule has 0 saturated carbocycles. The Labute approximate surface area is 126 Å². The lowest BCUT2D eigenvalue weighted by Gasteiger charge is -2.14. The summed E-state index contributed by atoms with van der Waals surface area (Å²) in [4.78, 5) is 0.159. The Morgan fingerprint density at radius 2 is 2.10 bits per heavy atom. The third-order valence-electron chi connectivity index (χ3n) is 3.95. The van der Waals surface area contributed by atoms with Crippen LogP contribution in [-0.2, 0) is 14.8 Å². The molecule has 1 aromatic carbocycles. The SMILES string of the molecule is Cc1c(OCCCC2CCCO2)ccc(S(N)(=O)=O)c1C. The standard InChI is InChI=1S/C15H23NO4S/c1-11-12(2)15(21(16,17)18)8-7-14(11)20-10-4-6-13-5-3-9-19-13/h7-8,13H,3-6,9-10H2,1-2H3,(H2,16,17,18). The largest absolute Gasteiger partial charge is 0.493 e. The van der Waals surface area contributed by atoms with Crippen molar-refractivity contribution in [1.82, 2.24) is 0 Å². The van der Waals surface area contributed by atoms with Crippen LogP contribution in [0.25, 0.3) is 0 Å². The molecule has 5 nitrogen and oxygen atoms in total. The van der Waals surface area contributed by atoms with Crippen molar-refractivity contribution in [3.63, 3.8) is 0 Å². The smallest absolute Gasteiger partial charge is 0.238 e. The third kappa shape index (κ3) is 4.18. The molecule has 1 heterocycles. The molecule has 118 valence electrons. The molecular weight excluding hydrogens is 290 g/mol. The van der Waals surface area contributed by atoms with E-state index in [1.807, 2.05) is 6.92 Å². The van der Waals surface area contributed by atoms with Crippen LogP contribution in [0.5, 0.6) is 5.75 Å². The molecule has 0 bridgehead atoms. The van der Waals surface area contributed by atoms with E-state index in [1.165, 1.54) is 6.07 Å². The van der Waals surface area contributed by atoms with Crippen molar-refractivity contribution in [1.29, 1.82) is 0 Å². The fraction of sp³-hybridized carbons (Fsp3) is 0.600. The van der Waals surface area contributed by atoms with Crippen molar-refractivity contribution >= 4 is 10.0 Å². The van der Waals surface area contributed by atoms with Gasteiger partial charge in [-0.05, 0) is 62.8 Å². The number of nitrogens with two attached hydrogens (primary N) is 1. The molecule has 1 aliphatic heterocycles. The average molecular weight is 313 g/mol. The summed E-state index contributed by atoms with van der Waals surface area (Å²) < 4.78 is 34.2. The van der Waals surface area contributed by atoms with Gasteiger partial charge in [0.2, 0.25) is 10.0 Å². The summed E-state index contributed by atoms with van der Waals surface area (Å²) in [5.74, 6) is 0.715. The lowest BCUT2D eigenvalue weighted by atomic mass is 10.1. The van der Waals surface area contributed by atoms with Crippen LogP contribution < -0.4 is 9.88 Å². The van der Waals surface area contributed by atoms with Gasteiger partial charge in [-0.25, -0.2) is 13.6 Å². The highest BCUT2D eigenvalue weighted by atomic mass is 32.2. The van der Waals surface area contributed by atoms with E-state index in [0.29, 0.717) is 24.0 Å². The molecule has 0 aliphatic carbocycles. The lowest BCUT2D eigenvalue weighted by molar-refractivity contribution is 0.0981. The highest BCUT2D eigenvalue weighted by molar-refractivity contribution is 7.89. The number of hydrogen-bond donors (Lipinski definition) is 1. The van der Waals surface area contributed by atoms with Crippen molar-refractivity contribution in [3.05, 3.63) is 23.3 Å². The minimum Gasteiger partial charge on any atom is -0.493 e. The van der Waals surface area contributed by atoms with Gasteiger partial charge in [0.15, 0.2) is 0 Å². The van der Waals surface area contributed by atoms with Gasteiger partial charge in [-0.1, -0.05) is 0 Å². The van der Waals surface area contributed by atoms with Gasteiger partial charge in [-0.15, -0.1) is 0 Å². The maximum absolute atomic E-state index is 11.4. The first-order chi connectivity index (χ1) is 9.89. The second kappa shape index (κ2) is 6.77. The number of sulfonamides is 1. The van der Waals surface area contributed by atoms with Crippen molar-refractivity contribution in [2.45, 2.75) is 50.5 Å². The van der Waals surface area contributed by atoms with Crippen LogP contribution in [0.3, 0.4) is 0 Å². The van der Waals surface area contributed by atoms with Crippen molar-refractivity contribution in [3.8, 4) is 5.75 Å². The number of primary sulfonamides is 1. The topological polar surface area (TPSA) is 78.6 Å². The van der Waals surface area contributed by atoms with Gasteiger partial charge < -0.3 is 9.47 Å². The Bertz CT molecular complexity index is 592. The van der Waals surface area contributed by atoms with Crippen LogP contribution in [-0.4, -0.2) is 27.7 Å². The van der Waals surface area contributed by atoms with Gasteiger partial charge in [0.05, 0.1) is 17.6 Å². The summed E-state index contributed by atoms with van der Waals surface area (Å²) in [5.41, 5.74) is 1.47. The third-order valence-corrected chi connectivity index (χ3v) is 5.00. The van der Waals surface area contributed by atoms with E-state index in [9.17, 15) is 8.42 Å². The second-order valence-corrected chi connectivity index (χ2v) is 7.01. The lowest BCUT2D eigenvalue weighted by Crippen LogP contribution is -2.14. The van der Waals surface area contributed by atoms with Gasteiger partial charge in [-0.2, -0.15) is 0 Å². The Hall–Kier alpha value is -1.11. The van der Waals surface area contributed by atoms with Crippen molar-refractivity contribution < 1.29 is 17.9 Å². The maximum Gasteiger partial charge on any atom is 0.238 e. The van der Waals surface area contributed by atoms with Gasteiger partial charge >= 0.3 is 0 Å². The van der Waals surface area contributed by atoms with E-state index in [-0.39, 0.29) is 4.90 Å². The second-order valence-electron chi connectivity index (χ2n) is 5.48. The minimum absolute atomic E-state index is 0.159. The number of benzene rings is 1. The van der Waals surface area contributed by atoms with E-state index in [1.54, 1.807) is 13.0 Å². The molecule has 1 fully saturated rings. The van der Waals surface area contributed by atoms with E-state index in [2.05, 4.69) is 0 Å². The van der Waals surface area contributed by atoms with E-state index in [4.69, 9.17) is 14.6 Å². The summed E-state index contributed by atoms with van der Waals surface area (Å²) >= 11 is 0. The first-order valence-corrected chi connectivity index (χ1v) is 8.81. The number of hydrogen-bond acceptors (Lipinski definition) is 4. The molecule has 1 saturated heterocycles. The minimum atomic E-state index is -3.68. The molecule has 1 unspecified atom stereocenters. The van der Waals surface area contributed by atoms with E-state index < -0.39 is 10.0 Å². The summed E-state index contributed by atoms with van der Waals surface area (Å²) in [7, 11) is -3.68. The van der Waals surface area contributed by atoms with Crippen LogP contribution in [0.1, 0.15) is 36.8 Å². The van der Waals surface area contributed by atoms with Gasteiger partial charge in [0, 0.05) is 6.61 Å². The summed E-state index contributed by atoms with van der Waals surface area (Å²) in [5, 5.41) is 5.19. The molecule has 0 aromatic heterocycles. The molecule has 0 radical (unpaired) electrons. The molecule has 6 heteroatoms. The molecule has 21 heavy (non-hydrogen) atoms. The average Bonchev–Trinajstić information content (AvgIpc) is 2.91. The molecule has 2 N–H and O–H groups in total. The normalized spacial score (nSPS) is 18.9.